The average molecular weight is 569 g/mol. The van der Waals surface area contributed by atoms with Crippen molar-refractivity contribution in [2.45, 2.75) is 24.9 Å². The van der Waals surface area contributed by atoms with E-state index in [4.69, 9.17) is 4.74 Å². The second-order valence-corrected chi connectivity index (χ2v) is 11.3. The topological polar surface area (TPSA) is 141 Å². The van der Waals surface area contributed by atoms with Crippen molar-refractivity contribution in [1.82, 2.24) is 8.87 Å². The van der Waals surface area contributed by atoms with E-state index >= 15 is 0 Å². The van der Waals surface area contributed by atoms with Gasteiger partial charge in [-0.3, -0.25) is 19.7 Å². The molecular weight excluding hydrogens is 544 g/mol. The quantitative estimate of drug-likeness (QED) is 0.170. The van der Waals surface area contributed by atoms with E-state index in [2.05, 4.69) is 4.99 Å². The van der Waals surface area contributed by atoms with Crippen molar-refractivity contribution in [3.05, 3.63) is 98.8 Å². The first-order chi connectivity index (χ1) is 18.6. The van der Waals surface area contributed by atoms with Gasteiger partial charge in [-0.15, -0.1) is 0 Å². The molecule has 3 aromatic carbocycles. The molecule has 0 unspecified atom stereocenters. The van der Waals surface area contributed by atoms with E-state index in [0.717, 1.165) is 16.9 Å². The van der Waals surface area contributed by atoms with E-state index in [1.165, 1.54) is 58.4 Å². The van der Waals surface area contributed by atoms with Crippen molar-refractivity contribution >= 4 is 49.1 Å². The first kappa shape index (κ1) is 27.8. The van der Waals surface area contributed by atoms with Crippen LogP contribution in [0.5, 0.6) is 0 Å². The van der Waals surface area contributed by atoms with Gasteiger partial charge in [0.15, 0.2) is 4.80 Å². The van der Waals surface area contributed by atoms with E-state index in [0.29, 0.717) is 10.2 Å². The highest BCUT2D eigenvalue weighted by Gasteiger charge is 2.24. The number of methoxy groups -OCH3 is 1. The third-order valence-corrected chi connectivity index (χ3v) is 8.86. The number of nitro groups is 1. The van der Waals surface area contributed by atoms with Crippen molar-refractivity contribution in [1.29, 1.82) is 0 Å². The van der Waals surface area contributed by atoms with E-state index in [-0.39, 0.29) is 40.6 Å². The molecule has 0 spiro atoms. The molecule has 202 valence electrons. The van der Waals surface area contributed by atoms with Crippen LogP contribution >= 0.6 is 11.3 Å². The van der Waals surface area contributed by atoms with Gasteiger partial charge in [-0.25, -0.2) is 8.42 Å². The summed E-state index contributed by atoms with van der Waals surface area (Å²) in [5.41, 5.74) is 1.31. The van der Waals surface area contributed by atoms with Gasteiger partial charge in [0.05, 0.1) is 27.1 Å². The molecule has 1 amide bonds. The standard InChI is InChI=1S/C26H24N4O7S2/c1-3-28(16-18-7-5-4-6-8-18)39(35,36)21-12-9-19(10-13-21)25(32)27-26-29(17-24(31)37-2)22-14-11-20(30(33)34)15-23(22)38-26/h4-15H,3,16-17H2,1-2H3. The number of non-ortho nitro benzene ring substituents is 1. The maximum Gasteiger partial charge on any atom is 0.325 e. The van der Waals surface area contributed by atoms with Crippen LogP contribution in [0.1, 0.15) is 22.8 Å². The van der Waals surface area contributed by atoms with Gasteiger partial charge in [-0.2, -0.15) is 9.30 Å². The molecule has 13 heteroatoms. The van der Waals surface area contributed by atoms with Gasteiger partial charge >= 0.3 is 5.97 Å². The Labute approximate surface area is 227 Å². The van der Waals surface area contributed by atoms with Gasteiger partial charge < -0.3 is 9.30 Å². The number of esters is 1. The smallest absolute Gasteiger partial charge is 0.325 e. The molecule has 0 saturated heterocycles. The Morgan fingerprint density at radius 2 is 1.77 bits per heavy atom. The third-order valence-electron chi connectivity index (χ3n) is 5.88. The lowest BCUT2D eigenvalue weighted by Gasteiger charge is -2.20. The minimum Gasteiger partial charge on any atom is -0.468 e. The second-order valence-electron chi connectivity index (χ2n) is 8.31. The molecule has 0 bridgehead atoms. The number of aromatic nitrogens is 1. The molecule has 39 heavy (non-hydrogen) atoms. The first-order valence-electron chi connectivity index (χ1n) is 11.7. The van der Waals surface area contributed by atoms with Crippen LogP contribution in [-0.2, 0) is 32.6 Å². The van der Waals surface area contributed by atoms with Crippen LogP contribution in [0.15, 0.2) is 82.7 Å². The summed E-state index contributed by atoms with van der Waals surface area (Å²) in [5, 5.41) is 11.2. The highest BCUT2D eigenvalue weighted by atomic mass is 32.2. The molecule has 4 rings (SSSR count). The Hall–Kier alpha value is -4.20. The number of hydrogen-bond donors (Lipinski definition) is 0. The zero-order valence-electron chi connectivity index (χ0n) is 21.0. The van der Waals surface area contributed by atoms with Crippen molar-refractivity contribution < 1.29 is 27.7 Å². The summed E-state index contributed by atoms with van der Waals surface area (Å²) in [6.07, 6.45) is 0. The number of fused-ring (bicyclic) bond motifs is 1. The lowest BCUT2D eigenvalue weighted by Crippen LogP contribution is -2.30. The van der Waals surface area contributed by atoms with Crippen LogP contribution in [0.4, 0.5) is 5.69 Å². The molecule has 0 aliphatic carbocycles. The number of amides is 1. The molecule has 0 atom stereocenters. The van der Waals surface area contributed by atoms with Gasteiger partial charge in [0.2, 0.25) is 10.0 Å². The van der Waals surface area contributed by atoms with Crippen molar-refractivity contribution in [3.8, 4) is 0 Å². The molecule has 0 aliphatic rings. The molecule has 4 aromatic rings. The molecule has 0 saturated carbocycles. The zero-order chi connectivity index (χ0) is 28.2. The monoisotopic (exact) mass is 568 g/mol. The normalized spacial score (nSPS) is 12.1. The Morgan fingerprint density at radius 3 is 2.38 bits per heavy atom. The van der Waals surface area contributed by atoms with Crippen LogP contribution in [0, 0.1) is 10.1 Å². The largest absolute Gasteiger partial charge is 0.468 e. The van der Waals surface area contributed by atoms with E-state index in [9.17, 15) is 28.1 Å². The van der Waals surface area contributed by atoms with Crippen LogP contribution in [0.25, 0.3) is 10.2 Å². The number of hydrogen-bond acceptors (Lipinski definition) is 8. The lowest BCUT2D eigenvalue weighted by atomic mass is 10.2. The van der Waals surface area contributed by atoms with Crippen LogP contribution < -0.4 is 4.80 Å². The number of ether oxygens (including phenoxy) is 1. The van der Waals surface area contributed by atoms with Gasteiger partial charge in [0, 0.05) is 30.8 Å². The van der Waals surface area contributed by atoms with Crippen LogP contribution in [0.2, 0.25) is 0 Å². The zero-order valence-corrected chi connectivity index (χ0v) is 22.6. The van der Waals surface area contributed by atoms with Gasteiger partial charge in [-0.1, -0.05) is 48.6 Å². The fraction of sp³-hybridized carbons (Fsp3) is 0.192. The minimum absolute atomic E-state index is 0.0340. The molecule has 1 heterocycles. The minimum atomic E-state index is -3.82. The second kappa shape index (κ2) is 11.7. The highest BCUT2D eigenvalue weighted by Crippen LogP contribution is 2.24. The molecule has 0 fully saturated rings. The van der Waals surface area contributed by atoms with Gasteiger partial charge in [-0.05, 0) is 35.9 Å². The summed E-state index contributed by atoms with van der Waals surface area (Å²) in [7, 11) is -2.60. The number of sulfonamides is 1. The molecule has 11 nitrogen and oxygen atoms in total. The number of carbonyl (C=O) groups excluding carboxylic acids is 2. The van der Waals surface area contributed by atoms with Crippen LogP contribution in [-0.4, -0.2) is 47.7 Å². The number of thiazole rings is 1. The Balaban J connectivity index is 1.66. The summed E-state index contributed by atoms with van der Waals surface area (Å²) >= 11 is 1.01. The van der Waals surface area contributed by atoms with E-state index < -0.39 is 26.8 Å². The number of carbonyl (C=O) groups is 2. The maximum atomic E-state index is 13.2. The summed E-state index contributed by atoms with van der Waals surface area (Å²) < 4.78 is 34.4. The Kier molecular flexibility index (Phi) is 8.33. The summed E-state index contributed by atoms with van der Waals surface area (Å²) in [6, 6.07) is 18.8. The third kappa shape index (κ3) is 6.11. The van der Waals surface area contributed by atoms with Crippen molar-refractivity contribution in [2.75, 3.05) is 13.7 Å². The fourth-order valence-corrected chi connectivity index (χ4v) is 6.33. The number of nitro benzene ring substituents is 1. The number of nitrogens with zero attached hydrogens (tertiary/aromatic N) is 4. The first-order valence-corrected chi connectivity index (χ1v) is 14.0. The van der Waals surface area contributed by atoms with Crippen molar-refractivity contribution in [2.24, 2.45) is 4.99 Å². The van der Waals surface area contributed by atoms with Crippen LogP contribution in [0.3, 0.4) is 0 Å². The molecule has 0 aliphatic heterocycles. The maximum absolute atomic E-state index is 13.2. The molecular formula is C26H24N4O7S2. The summed E-state index contributed by atoms with van der Waals surface area (Å²) in [4.78, 5) is 39.9. The number of benzene rings is 3. The Bertz CT molecular complexity index is 1710. The lowest BCUT2D eigenvalue weighted by molar-refractivity contribution is -0.384. The summed E-state index contributed by atoms with van der Waals surface area (Å²) in [6.45, 7) is 1.96. The highest BCUT2D eigenvalue weighted by molar-refractivity contribution is 7.89. The van der Waals surface area contributed by atoms with Gasteiger partial charge in [0.1, 0.15) is 6.54 Å². The Morgan fingerprint density at radius 1 is 1.08 bits per heavy atom. The van der Waals surface area contributed by atoms with E-state index in [1.54, 1.807) is 6.92 Å². The van der Waals surface area contributed by atoms with Crippen molar-refractivity contribution in [3.63, 3.8) is 0 Å². The fourth-order valence-electron chi connectivity index (χ4n) is 3.83. The molecule has 0 radical (unpaired) electrons. The molecule has 1 aromatic heterocycles. The predicted molar refractivity (Wildman–Crippen MR) is 145 cm³/mol. The SMILES string of the molecule is CCN(Cc1ccccc1)S(=O)(=O)c1ccc(C(=O)N=c2sc3cc([N+](=O)[O-])ccc3n2CC(=O)OC)cc1. The number of rotatable bonds is 9. The molecule has 0 N–H and O–H groups in total. The average Bonchev–Trinajstić information content (AvgIpc) is 3.27. The van der Waals surface area contributed by atoms with E-state index in [1.807, 2.05) is 30.3 Å². The van der Waals surface area contributed by atoms with Gasteiger partial charge in [0.25, 0.3) is 11.6 Å². The summed E-state index contributed by atoms with van der Waals surface area (Å²) in [5.74, 6) is -1.26. The predicted octanol–water partition coefficient (Wildman–Crippen LogP) is 3.74.